The number of ether oxygens (including phenoxy) is 1. The second-order valence-corrected chi connectivity index (χ2v) is 4.02. The van der Waals surface area contributed by atoms with Gasteiger partial charge in [-0.3, -0.25) is 0 Å². The predicted octanol–water partition coefficient (Wildman–Crippen LogP) is 1.61. The molecule has 0 aliphatic heterocycles. The summed E-state index contributed by atoms with van der Waals surface area (Å²) in [5.74, 6) is -0.442. The molecule has 2 rings (SSSR count). The van der Waals surface area contributed by atoms with Crippen LogP contribution in [-0.4, -0.2) is 22.9 Å². The normalized spacial score (nSPS) is 17.5. The number of halogens is 1. The van der Waals surface area contributed by atoms with E-state index < -0.39 is 11.4 Å². The molecule has 0 heterocycles. The highest BCUT2D eigenvalue weighted by Crippen LogP contribution is 2.40. The highest BCUT2D eigenvalue weighted by Gasteiger charge is 2.40. The summed E-state index contributed by atoms with van der Waals surface area (Å²) in [4.78, 5) is 0. The van der Waals surface area contributed by atoms with E-state index in [0.717, 1.165) is 6.07 Å². The van der Waals surface area contributed by atoms with Crippen molar-refractivity contribution in [1.29, 1.82) is 0 Å². The van der Waals surface area contributed by atoms with Crippen molar-refractivity contribution in [2.45, 2.75) is 24.9 Å². The van der Waals surface area contributed by atoms with Gasteiger partial charge in [-0.25, -0.2) is 4.39 Å². The van der Waals surface area contributed by atoms with Crippen molar-refractivity contribution >= 4 is 0 Å². The number of hydrogen-bond donors (Lipinski definition) is 2. The van der Waals surface area contributed by atoms with E-state index >= 15 is 0 Å². The van der Waals surface area contributed by atoms with Gasteiger partial charge in [0.05, 0.1) is 12.7 Å². The zero-order valence-electron chi connectivity index (χ0n) is 8.46. The molecule has 15 heavy (non-hydrogen) atoms. The molecule has 1 saturated carbocycles. The number of rotatable bonds is 3. The maximum absolute atomic E-state index is 13.5. The smallest absolute Gasteiger partial charge is 0.163 e. The Balaban J connectivity index is 2.28. The summed E-state index contributed by atoms with van der Waals surface area (Å²) in [6.45, 7) is 0. The standard InChI is InChI=1S/C11H13FO3/c1-15-10-5-8(12)7(4-9(10)13)6-11(14)2-3-11/h4-5,13-14H,2-3,6H2,1H3. The van der Waals surface area contributed by atoms with E-state index in [2.05, 4.69) is 0 Å². The van der Waals surface area contributed by atoms with Crippen LogP contribution in [0.15, 0.2) is 12.1 Å². The SMILES string of the molecule is COc1cc(F)c(CC2(O)CC2)cc1O. The third-order valence-corrected chi connectivity index (χ3v) is 2.69. The third kappa shape index (κ3) is 2.04. The van der Waals surface area contributed by atoms with E-state index in [1.54, 1.807) is 0 Å². The first-order valence-electron chi connectivity index (χ1n) is 4.82. The molecule has 0 atom stereocenters. The molecule has 4 heteroatoms. The highest BCUT2D eigenvalue weighted by atomic mass is 19.1. The Bertz CT molecular complexity index is 386. The summed E-state index contributed by atoms with van der Waals surface area (Å²) < 4.78 is 18.2. The molecule has 2 N–H and O–H groups in total. The summed E-state index contributed by atoms with van der Waals surface area (Å²) in [5, 5.41) is 19.1. The molecule has 82 valence electrons. The maximum Gasteiger partial charge on any atom is 0.163 e. The third-order valence-electron chi connectivity index (χ3n) is 2.69. The van der Waals surface area contributed by atoms with Crippen LogP contribution in [0, 0.1) is 5.82 Å². The van der Waals surface area contributed by atoms with Crippen molar-refractivity contribution < 1.29 is 19.3 Å². The minimum Gasteiger partial charge on any atom is -0.504 e. The van der Waals surface area contributed by atoms with Gasteiger partial charge in [0, 0.05) is 12.5 Å². The molecule has 0 bridgehead atoms. The van der Waals surface area contributed by atoms with Crippen LogP contribution in [0.1, 0.15) is 18.4 Å². The summed E-state index contributed by atoms with van der Waals surface area (Å²) in [5.41, 5.74) is -0.435. The molecule has 1 aliphatic rings. The molecule has 1 aromatic rings. The van der Waals surface area contributed by atoms with Crippen molar-refractivity contribution in [2.75, 3.05) is 7.11 Å². The average molecular weight is 212 g/mol. The molecular formula is C11H13FO3. The van der Waals surface area contributed by atoms with Crippen molar-refractivity contribution in [3.05, 3.63) is 23.5 Å². The highest BCUT2D eigenvalue weighted by molar-refractivity contribution is 5.43. The Kier molecular flexibility index (Phi) is 2.31. The number of phenols is 1. The number of methoxy groups -OCH3 is 1. The molecule has 1 fully saturated rings. The number of benzene rings is 1. The Morgan fingerprint density at radius 2 is 2.13 bits per heavy atom. The summed E-state index contributed by atoms with van der Waals surface area (Å²) >= 11 is 0. The molecule has 1 aliphatic carbocycles. The van der Waals surface area contributed by atoms with Crippen molar-refractivity contribution in [2.24, 2.45) is 0 Å². The van der Waals surface area contributed by atoms with Crippen molar-refractivity contribution in [3.8, 4) is 11.5 Å². The van der Waals surface area contributed by atoms with Crippen LogP contribution in [0.25, 0.3) is 0 Å². The average Bonchev–Trinajstić information content (AvgIpc) is 2.89. The summed E-state index contributed by atoms with van der Waals surface area (Å²) in [6, 6.07) is 2.45. The lowest BCUT2D eigenvalue weighted by Gasteiger charge is -2.11. The molecule has 0 spiro atoms. The second kappa shape index (κ2) is 3.38. The van der Waals surface area contributed by atoms with Crippen LogP contribution in [0.4, 0.5) is 4.39 Å². The lowest BCUT2D eigenvalue weighted by atomic mass is 10.1. The predicted molar refractivity (Wildman–Crippen MR) is 52.5 cm³/mol. The van der Waals surface area contributed by atoms with Crippen LogP contribution < -0.4 is 4.74 Å². The lowest BCUT2D eigenvalue weighted by Crippen LogP contribution is -2.12. The molecule has 0 aromatic heterocycles. The van der Waals surface area contributed by atoms with E-state index in [-0.39, 0.29) is 17.9 Å². The fourth-order valence-electron chi connectivity index (χ4n) is 1.56. The van der Waals surface area contributed by atoms with Crippen LogP contribution >= 0.6 is 0 Å². The Labute approximate surface area is 87.1 Å². The van der Waals surface area contributed by atoms with Crippen LogP contribution in [0.5, 0.6) is 11.5 Å². The first-order chi connectivity index (χ1) is 7.04. The quantitative estimate of drug-likeness (QED) is 0.800. The minimum absolute atomic E-state index is 0.0989. The van der Waals surface area contributed by atoms with Crippen molar-refractivity contribution in [1.82, 2.24) is 0 Å². The molecule has 0 saturated heterocycles. The largest absolute Gasteiger partial charge is 0.504 e. The van der Waals surface area contributed by atoms with Gasteiger partial charge in [0.1, 0.15) is 5.82 Å². The zero-order valence-corrected chi connectivity index (χ0v) is 8.46. The Hall–Kier alpha value is -1.29. The van der Waals surface area contributed by atoms with E-state index in [4.69, 9.17) is 4.74 Å². The molecule has 0 unspecified atom stereocenters. The minimum atomic E-state index is -0.762. The number of aliphatic hydroxyl groups is 1. The van der Waals surface area contributed by atoms with Gasteiger partial charge in [-0.05, 0) is 24.5 Å². The molecule has 0 radical (unpaired) electrons. The zero-order chi connectivity index (χ0) is 11.1. The molecule has 3 nitrogen and oxygen atoms in total. The summed E-state index contributed by atoms with van der Waals surface area (Å²) in [6.07, 6.45) is 1.63. The number of hydrogen-bond acceptors (Lipinski definition) is 3. The summed E-state index contributed by atoms with van der Waals surface area (Å²) in [7, 11) is 1.36. The lowest BCUT2D eigenvalue weighted by molar-refractivity contribution is 0.149. The van der Waals surface area contributed by atoms with Gasteiger partial charge in [-0.2, -0.15) is 0 Å². The monoisotopic (exact) mass is 212 g/mol. The van der Waals surface area contributed by atoms with E-state index in [1.165, 1.54) is 13.2 Å². The van der Waals surface area contributed by atoms with Gasteiger partial charge < -0.3 is 14.9 Å². The van der Waals surface area contributed by atoms with Gasteiger partial charge in [-0.1, -0.05) is 0 Å². The van der Waals surface area contributed by atoms with Gasteiger partial charge in [0.2, 0.25) is 0 Å². The first-order valence-corrected chi connectivity index (χ1v) is 4.82. The number of aromatic hydroxyl groups is 1. The fraction of sp³-hybridized carbons (Fsp3) is 0.455. The van der Waals surface area contributed by atoms with Crippen LogP contribution in [0.2, 0.25) is 0 Å². The molecule has 1 aromatic carbocycles. The van der Waals surface area contributed by atoms with Crippen LogP contribution in [-0.2, 0) is 6.42 Å². The van der Waals surface area contributed by atoms with E-state index in [0.29, 0.717) is 18.4 Å². The van der Waals surface area contributed by atoms with Gasteiger partial charge in [-0.15, -0.1) is 0 Å². The Morgan fingerprint density at radius 3 is 2.67 bits per heavy atom. The molecule has 0 amide bonds. The van der Waals surface area contributed by atoms with Gasteiger partial charge >= 0.3 is 0 Å². The van der Waals surface area contributed by atoms with Gasteiger partial charge in [0.15, 0.2) is 11.5 Å². The first kappa shape index (κ1) is 10.2. The number of phenolic OH excluding ortho intramolecular Hbond substituents is 1. The van der Waals surface area contributed by atoms with Gasteiger partial charge in [0.25, 0.3) is 0 Å². The second-order valence-electron chi connectivity index (χ2n) is 4.02. The van der Waals surface area contributed by atoms with E-state index in [1.807, 2.05) is 0 Å². The fourth-order valence-corrected chi connectivity index (χ4v) is 1.56. The molecular weight excluding hydrogens is 199 g/mol. The van der Waals surface area contributed by atoms with Crippen LogP contribution in [0.3, 0.4) is 0 Å². The Morgan fingerprint density at radius 1 is 1.47 bits per heavy atom. The maximum atomic E-state index is 13.5. The topological polar surface area (TPSA) is 49.7 Å². The van der Waals surface area contributed by atoms with E-state index in [9.17, 15) is 14.6 Å². The van der Waals surface area contributed by atoms with Crippen molar-refractivity contribution in [3.63, 3.8) is 0 Å².